The van der Waals surface area contributed by atoms with Crippen molar-refractivity contribution >= 4 is 18.2 Å². The number of hydrazone groups is 1. The molecule has 2 aromatic carbocycles. The lowest BCUT2D eigenvalue weighted by molar-refractivity contribution is -0.274. The smallest absolute Gasteiger partial charge is 0.406 e. The van der Waals surface area contributed by atoms with Gasteiger partial charge in [0.05, 0.1) is 11.9 Å². The maximum atomic E-state index is 12.0. The van der Waals surface area contributed by atoms with E-state index in [9.17, 15) is 18.0 Å². The van der Waals surface area contributed by atoms with Crippen molar-refractivity contribution in [3.05, 3.63) is 59.7 Å². The molecule has 0 saturated heterocycles. The summed E-state index contributed by atoms with van der Waals surface area (Å²) < 4.78 is 39.8. The maximum Gasteiger partial charge on any atom is 0.573 e. The average molecular weight is 338 g/mol. The van der Waals surface area contributed by atoms with Crippen LogP contribution in [0, 0.1) is 0 Å². The van der Waals surface area contributed by atoms with E-state index in [0.29, 0.717) is 11.3 Å². The average Bonchev–Trinajstić information content (AvgIpc) is 2.57. The van der Waals surface area contributed by atoms with Crippen LogP contribution in [0.1, 0.15) is 29.8 Å². The molecule has 7 heteroatoms. The number of nitrogens with zero attached hydrogens (tertiary/aromatic N) is 1. The van der Waals surface area contributed by atoms with Crippen LogP contribution < -0.4 is 10.2 Å². The molecule has 2 rings (SSSR count). The Morgan fingerprint density at radius 3 is 2.00 bits per heavy atom. The van der Waals surface area contributed by atoms with Crippen LogP contribution in [0.15, 0.2) is 53.6 Å². The highest BCUT2D eigenvalue weighted by atomic mass is 19.4. The Hall–Kier alpha value is -2.83. The van der Waals surface area contributed by atoms with Gasteiger partial charge in [-0.2, -0.15) is 5.10 Å². The van der Waals surface area contributed by atoms with Gasteiger partial charge in [-0.1, -0.05) is 38.1 Å². The third-order valence-corrected chi connectivity index (χ3v) is 2.57. The molecule has 128 valence electrons. The fraction of sp³-hybridized carbons (Fsp3) is 0.176. The molecule has 0 heterocycles. The van der Waals surface area contributed by atoms with E-state index in [1.807, 2.05) is 13.8 Å². The second-order valence-electron chi connectivity index (χ2n) is 4.23. The maximum absolute atomic E-state index is 12.0. The number of hydrogen-bond acceptors (Lipinski definition) is 4. The molecular weight excluding hydrogens is 321 g/mol. The van der Waals surface area contributed by atoms with Crippen LogP contribution >= 0.6 is 0 Å². The Balaban J connectivity index is 0.00000139. The van der Waals surface area contributed by atoms with Crippen LogP contribution in [-0.2, 0) is 0 Å². The van der Waals surface area contributed by atoms with Crippen molar-refractivity contribution in [1.82, 2.24) is 0 Å². The minimum Gasteiger partial charge on any atom is -0.406 e. The first kappa shape index (κ1) is 19.2. The first-order valence-electron chi connectivity index (χ1n) is 7.16. The Bertz CT molecular complexity index is 651. The summed E-state index contributed by atoms with van der Waals surface area (Å²) in [5, 5.41) is 3.95. The lowest BCUT2D eigenvalue weighted by atomic mass is 10.2. The number of anilines is 1. The summed E-state index contributed by atoms with van der Waals surface area (Å²) in [6.45, 7) is 4.00. The fourth-order valence-electron chi connectivity index (χ4n) is 1.57. The van der Waals surface area contributed by atoms with E-state index in [1.54, 1.807) is 24.3 Å². The zero-order chi connectivity index (χ0) is 18.0. The topological polar surface area (TPSA) is 50.7 Å². The van der Waals surface area contributed by atoms with Gasteiger partial charge in [-0.25, -0.2) is 0 Å². The van der Waals surface area contributed by atoms with Gasteiger partial charge in [0.15, 0.2) is 0 Å². The number of benzene rings is 2. The van der Waals surface area contributed by atoms with Crippen molar-refractivity contribution in [2.24, 2.45) is 5.10 Å². The number of carbonyl (C=O) groups excluding carboxylic acids is 1. The fourth-order valence-corrected chi connectivity index (χ4v) is 1.57. The van der Waals surface area contributed by atoms with Crippen molar-refractivity contribution < 1.29 is 22.7 Å². The second kappa shape index (κ2) is 9.34. The largest absolute Gasteiger partial charge is 0.573 e. The van der Waals surface area contributed by atoms with Crippen LogP contribution in [0.5, 0.6) is 5.75 Å². The van der Waals surface area contributed by atoms with Crippen molar-refractivity contribution in [2.75, 3.05) is 5.43 Å². The van der Waals surface area contributed by atoms with E-state index in [-0.39, 0.29) is 5.75 Å². The Morgan fingerprint density at radius 1 is 0.958 bits per heavy atom. The van der Waals surface area contributed by atoms with Gasteiger partial charge >= 0.3 is 6.36 Å². The molecule has 0 aliphatic carbocycles. The van der Waals surface area contributed by atoms with Crippen molar-refractivity contribution in [3.8, 4) is 5.75 Å². The number of alkyl halides is 3. The van der Waals surface area contributed by atoms with E-state index < -0.39 is 6.36 Å². The highest BCUT2D eigenvalue weighted by Gasteiger charge is 2.30. The van der Waals surface area contributed by atoms with Crippen LogP contribution in [0.4, 0.5) is 18.9 Å². The number of halogens is 3. The summed E-state index contributed by atoms with van der Waals surface area (Å²) in [6.07, 6.45) is -2.45. The molecule has 0 saturated carbocycles. The number of hydrogen-bond donors (Lipinski definition) is 1. The van der Waals surface area contributed by atoms with Crippen molar-refractivity contribution in [1.29, 1.82) is 0 Å². The molecule has 24 heavy (non-hydrogen) atoms. The molecule has 0 amide bonds. The third-order valence-electron chi connectivity index (χ3n) is 2.57. The monoisotopic (exact) mass is 338 g/mol. The Kier molecular flexibility index (Phi) is 7.48. The predicted octanol–water partition coefficient (Wildman–Crippen LogP) is 4.87. The second-order valence-corrected chi connectivity index (χ2v) is 4.23. The molecule has 0 spiro atoms. The number of ether oxygens (including phenoxy) is 1. The van der Waals surface area contributed by atoms with Crippen molar-refractivity contribution in [3.63, 3.8) is 0 Å². The van der Waals surface area contributed by atoms with E-state index >= 15 is 0 Å². The number of nitrogens with one attached hydrogen (secondary N) is 1. The Morgan fingerprint density at radius 2 is 1.50 bits per heavy atom. The lowest BCUT2D eigenvalue weighted by Gasteiger charge is -2.08. The summed E-state index contributed by atoms with van der Waals surface area (Å²) in [6, 6.07) is 11.9. The molecule has 0 bridgehead atoms. The molecule has 0 unspecified atom stereocenters. The van der Waals surface area contributed by atoms with Crippen molar-refractivity contribution in [2.45, 2.75) is 20.2 Å². The summed E-state index contributed by atoms with van der Waals surface area (Å²) in [4.78, 5) is 10.5. The molecule has 0 aliphatic heterocycles. The van der Waals surface area contributed by atoms with E-state index in [2.05, 4.69) is 15.3 Å². The van der Waals surface area contributed by atoms with Gasteiger partial charge in [-0.3, -0.25) is 10.2 Å². The Labute approximate surface area is 138 Å². The van der Waals surface area contributed by atoms with E-state index in [4.69, 9.17) is 0 Å². The van der Waals surface area contributed by atoms with Gasteiger partial charge in [0.1, 0.15) is 12.0 Å². The van der Waals surface area contributed by atoms with Crippen LogP contribution in [0.3, 0.4) is 0 Å². The third kappa shape index (κ3) is 6.95. The minimum absolute atomic E-state index is 0.300. The van der Waals surface area contributed by atoms with E-state index in [1.165, 1.54) is 30.5 Å². The zero-order valence-electron chi connectivity index (χ0n) is 13.2. The van der Waals surface area contributed by atoms with Gasteiger partial charge < -0.3 is 4.74 Å². The van der Waals surface area contributed by atoms with Crippen LogP contribution in [0.2, 0.25) is 0 Å². The first-order valence-corrected chi connectivity index (χ1v) is 7.16. The highest BCUT2D eigenvalue weighted by Crippen LogP contribution is 2.23. The zero-order valence-corrected chi connectivity index (χ0v) is 13.2. The van der Waals surface area contributed by atoms with Crippen LogP contribution in [-0.4, -0.2) is 18.9 Å². The van der Waals surface area contributed by atoms with Gasteiger partial charge in [-0.05, 0) is 29.8 Å². The lowest BCUT2D eigenvalue weighted by Crippen LogP contribution is -2.16. The number of rotatable bonds is 5. The minimum atomic E-state index is -4.71. The molecule has 0 radical (unpaired) electrons. The molecule has 0 aromatic heterocycles. The summed E-state index contributed by atoms with van der Waals surface area (Å²) in [7, 11) is 0. The van der Waals surface area contributed by atoms with Crippen LogP contribution in [0.25, 0.3) is 0 Å². The predicted molar refractivity (Wildman–Crippen MR) is 87.5 cm³/mol. The number of aldehydes is 1. The van der Waals surface area contributed by atoms with Gasteiger partial charge in [0.25, 0.3) is 0 Å². The summed E-state index contributed by atoms with van der Waals surface area (Å²) in [5.41, 5.74) is 4.52. The quantitative estimate of drug-likeness (QED) is 0.481. The standard InChI is InChI=1S/C15H11F3N2O2.C2H6/c16-15(17,18)22-14-7-5-13(6-8-14)20-19-9-11-1-3-12(10-21)4-2-11;1-2/h1-10,20H;1-2H3/b19-9+;. The van der Waals surface area contributed by atoms with Gasteiger partial charge in [0, 0.05) is 5.56 Å². The van der Waals surface area contributed by atoms with E-state index in [0.717, 1.165) is 11.8 Å². The first-order chi connectivity index (χ1) is 11.5. The normalized spacial score (nSPS) is 10.7. The molecule has 1 N–H and O–H groups in total. The molecule has 4 nitrogen and oxygen atoms in total. The number of carbonyl (C=O) groups is 1. The molecule has 0 aliphatic rings. The molecule has 0 atom stereocenters. The van der Waals surface area contributed by atoms with Gasteiger partial charge in [-0.15, -0.1) is 13.2 Å². The highest BCUT2D eigenvalue weighted by molar-refractivity contribution is 5.82. The SMILES string of the molecule is CC.O=Cc1ccc(/C=N/Nc2ccc(OC(F)(F)F)cc2)cc1. The summed E-state index contributed by atoms with van der Waals surface area (Å²) >= 11 is 0. The molecule has 0 fully saturated rings. The summed E-state index contributed by atoms with van der Waals surface area (Å²) in [5.74, 6) is -0.300. The molecular formula is C17H17F3N2O2. The van der Waals surface area contributed by atoms with Gasteiger partial charge in [0.2, 0.25) is 0 Å². The molecule has 2 aromatic rings.